The number of hydrogen-bond donors (Lipinski definition) is 2. The molecule has 0 aliphatic carbocycles. The van der Waals surface area contributed by atoms with Gasteiger partial charge >= 0.3 is 0 Å². The SMILES string of the molecule is CC(C)NS(=O)(=O)c1ccccc1NCc1cnn(C)c1. The van der Waals surface area contributed by atoms with Gasteiger partial charge in [0.25, 0.3) is 0 Å². The largest absolute Gasteiger partial charge is 0.380 e. The van der Waals surface area contributed by atoms with Gasteiger partial charge in [-0.25, -0.2) is 13.1 Å². The van der Waals surface area contributed by atoms with Crippen molar-refractivity contribution in [3.8, 4) is 0 Å². The molecule has 0 unspecified atom stereocenters. The van der Waals surface area contributed by atoms with E-state index in [0.717, 1.165) is 5.56 Å². The molecule has 114 valence electrons. The number of hydrogen-bond acceptors (Lipinski definition) is 4. The molecule has 0 aliphatic heterocycles. The first-order valence-corrected chi connectivity index (χ1v) is 8.19. The van der Waals surface area contributed by atoms with Gasteiger partial charge in [0.2, 0.25) is 10.0 Å². The highest BCUT2D eigenvalue weighted by atomic mass is 32.2. The van der Waals surface area contributed by atoms with Crippen molar-refractivity contribution in [3.05, 3.63) is 42.2 Å². The summed E-state index contributed by atoms with van der Waals surface area (Å²) in [5, 5.41) is 7.24. The van der Waals surface area contributed by atoms with Crippen LogP contribution in [0.1, 0.15) is 19.4 Å². The fraction of sp³-hybridized carbons (Fsp3) is 0.357. The Labute approximate surface area is 125 Å². The highest BCUT2D eigenvalue weighted by Gasteiger charge is 2.18. The van der Waals surface area contributed by atoms with Crippen LogP contribution in [0.4, 0.5) is 5.69 Å². The molecule has 7 heteroatoms. The molecule has 6 nitrogen and oxygen atoms in total. The first-order valence-electron chi connectivity index (χ1n) is 6.71. The highest BCUT2D eigenvalue weighted by Crippen LogP contribution is 2.21. The van der Waals surface area contributed by atoms with Gasteiger partial charge in [0.1, 0.15) is 4.90 Å². The smallest absolute Gasteiger partial charge is 0.242 e. The van der Waals surface area contributed by atoms with E-state index in [4.69, 9.17) is 0 Å². The topological polar surface area (TPSA) is 76.0 Å². The fourth-order valence-corrected chi connectivity index (χ4v) is 3.42. The van der Waals surface area contributed by atoms with Gasteiger partial charge in [-0.1, -0.05) is 12.1 Å². The second-order valence-electron chi connectivity index (χ2n) is 5.15. The molecule has 0 atom stereocenters. The van der Waals surface area contributed by atoms with Crippen molar-refractivity contribution < 1.29 is 8.42 Å². The lowest BCUT2D eigenvalue weighted by Crippen LogP contribution is -2.30. The first-order chi connectivity index (χ1) is 9.88. The Morgan fingerprint density at radius 2 is 2.00 bits per heavy atom. The Morgan fingerprint density at radius 1 is 1.29 bits per heavy atom. The number of aryl methyl sites for hydroxylation is 1. The summed E-state index contributed by atoms with van der Waals surface area (Å²) in [6.45, 7) is 4.11. The van der Waals surface area contributed by atoms with E-state index in [0.29, 0.717) is 12.2 Å². The van der Waals surface area contributed by atoms with Gasteiger partial charge in [-0.15, -0.1) is 0 Å². The molecular weight excluding hydrogens is 288 g/mol. The third kappa shape index (κ3) is 4.05. The van der Waals surface area contributed by atoms with E-state index in [9.17, 15) is 8.42 Å². The zero-order valence-corrected chi connectivity index (χ0v) is 13.2. The third-order valence-corrected chi connectivity index (χ3v) is 4.53. The Bertz CT molecular complexity index is 707. The zero-order valence-electron chi connectivity index (χ0n) is 12.4. The average molecular weight is 308 g/mol. The first kappa shape index (κ1) is 15.5. The molecular formula is C14H20N4O2S. The van der Waals surface area contributed by atoms with Crippen molar-refractivity contribution in [2.75, 3.05) is 5.32 Å². The van der Waals surface area contributed by atoms with Crippen LogP contribution in [0, 0.1) is 0 Å². The molecule has 21 heavy (non-hydrogen) atoms. The summed E-state index contributed by atoms with van der Waals surface area (Å²) in [7, 11) is -1.68. The Balaban J connectivity index is 2.21. The minimum Gasteiger partial charge on any atom is -0.380 e. The van der Waals surface area contributed by atoms with Crippen LogP contribution in [0.3, 0.4) is 0 Å². The monoisotopic (exact) mass is 308 g/mol. The van der Waals surface area contributed by atoms with Crippen LogP contribution in [-0.2, 0) is 23.6 Å². The molecule has 0 bridgehead atoms. The molecule has 0 saturated heterocycles. The van der Waals surface area contributed by atoms with Crippen molar-refractivity contribution in [1.82, 2.24) is 14.5 Å². The minimum absolute atomic E-state index is 0.152. The van der Waals surface area contributed by atoms with Crippen molar-refractivity contribution in [2.45, 2.75) is 31.3 Å². The van der Waals surface area contributed by atoms with E-state index in [2.05, 4.69) is 15.1 Å². The number of nitrogens with zero attached hydrogens (tertiary/aromatic N) is 2. The van der Waals surface area contributed by atoms with Gasteiger partial charge < -0.3 is 5.32 Å². The summed E-state index contributed by atoms with van der Waals surface area (Å²) in [4.78, 5) is 0.252. The van der Waals surface area contributed by atoms with E-state index in [1.54, 1.807) is 49.0 Å². The summed E-state index contributed by atoms with van der Waals surface area (Å²) in [5.74, 6) is 0. The van der Waals surface area contributed by atoms with E-state index < -0.39 is 10.0 Å². The zero-order chi connectivity index (χ0) is 15.5. The van der Waals surface area contributed by atoms with Gasteiger partial charge in [0.15, 0.2) is 0 Å². The molecule has 0 amide bonds. The molecule has 0 saturated carbocycles. The second-order valence-corrected chi connectivity index (χ2v) is 6.83. The predicted octanol–water partition coefficient (Wildman–Crippen LogP) is 1.72. The highest BCUT2D eigenvalue weighted by molar-refractivity contribution is 7.89. The van der Waals surface area contributed by atoms with Crippen LogP contribution >= 0.6 is 0 Å². The maximum atomic E-state index is 12.3. The number of sulfonamides is 1. The van der Waals surface area contributed by atoms with Crippen molar-refractivity contribution in [3.63, 3.8) is 0 Å². The molecule has 2 aromatic rings. The summed E-state index contributed by atoms with van der Waals surface area (Å²) in [6, 6.07) is 6.72. The van der Waals surface area contributed by atoms with Crippen LogP contribution in [0.15, 0.2) is 41.6 Å². The van der Waals surface area contributed by atoms with Gasteiger partial charge in [-0.05, 0) is 26.0 Å². The van der Waals surface area contributed by atoms with Crippen LogP contribution in [0.2, 0.25) is 0 Å². The lowest BCUT2D eigenvalue weighted by atomic mass is 10.3. The van der Waals surface area contributed by atoms with E-state index in [-0.39, 0.29) is 10.9 Å². The third-order valence-electron chi connectivity index (χ3n) is 2.81. The minimum atomic E-state index is -3.52. The van der Waals surface area contributed by atoms with E-state index in [1.807, 2.05) is 13.2 Å². The molecule has 2 rings (SSSR count). The van der Waals surface area contributed by atoms with E-state index >= 15 is 0 Å². The van der Waals surface area contributed by atoms with Crippen molar-refractivity contribution in [2.24, 2.45) is 7.05 Å². The number of anilines is 1. The van der Waals surface area contributed by atoms with Crippen LogP contribution in [0.25, 0.3) is 0 Å². The maximum Gasteiger partial charge on any atom is 0.242 e. The van der Waals surface area contributed by atoms with Gasteiger partial charge in [-0.2, -0.15) is 5.10 Å². The Morgan fingerprint density at radius 3 is 2.62 bits per heavy atom. The number of nitrogens with one attached hydrogen (secondary N) is 2. The molecule has 0 radical (unpaired) electrons. The Kier molecular flexibility index (Phi) is 4.64. The quantitative estimate of drug-likeness (QED) is 0.852. The summed E-state index contributed by atoms with van der Waals surface area (Å²) < 4.78 is 28.9. The Hall–Kier alpha value is -1.86. The summed E-state index contributed by atoms with van der Waals surface area (Å²) >= 11 is 0. The maximum absolute atomic E-state index is 12.3. The number of benzene rings is 1. The predicted molar refractivity (Wildman–Crippen MR) is 82.4 cm³/mol. The summed E-state index contributed by atoms with van der Waals surface area (Å²) in [5.41, 5.74) is 1.57. The molecule has 0 spiro atoms. The van der Waals surface area contributed by atoms with E-state index in [1.165, 1.54) is 0 Å². The number of para-hydroxylation sites is 1. The van der Waals surface area contributed by atoms with Crippen LogP contribution in [0.5, 0.6) is 0 Å². The van der Waals surface area contributed by atoms with Gasteiger partial charge in [0, 0.05) is 31.4 Å². The van der Waals surface area contributed by atoms with Gasteiger partial charge in [-0.3, -0.25) is 4.68 Å². The van der Waals surface area contributed by atoms with Crippen molar-refractivity contribution in [1.29, 1.82) is 0 Å². The standard InChI is InChI=1S/C14H20N4O2S/c1-11(2)17-21(19,20)14-7-5-4-6-13(14)15-8-12-9-16-18(3)10-12/h4-7,9-11,15,17H,8H2,1-3H3. The number of aromatic nitrogens is 2. The molecule has 2 N–H and O–H groups in total. The molecule has 1 aromatic heterocycles. The molecule has 0 fully saturated rings. The lowest BCUT2D eigenvalue weighted by Gasteiger charge is -2.14. The second kappa shape index (κ2) is 6.28. The summed E-state index contributed by atoms with van der Waals surface area (Å²) in [6.07, 6.45) is 3.63. The number of rotatable bonds is 6. The molecule has 0 aliphatic rings. The van der Waals surface area contributed by atoms with Crippen LogP contribution < -0.4 is 10.0 Å². The van der Waals surface area contributed by atoms with Gasteiger partial charge in [0.05, 0.1) is 11.9 Å². The molecule has 1 heterocycles. The van der Waals surface area contributed by atoms with Crippen LogP contribution in [-0.4, -0.2) is 24.2 Å². The molecule has 1 aromatic carbocycles. The van der Waals surface area contributed by atoms with Crippen molar-refractivity contribution >= 4 is 15.7 Å². The normalized spacial score (nSPS) is 11.8. The fourth-order valence-electron chi connectivity index (χ4n) is 1.98. The lowest BCUT2D eigenvalue weighted by molar-refractivity contribution is 0.570. The average Bonchev–Trinajstić information content (AvgIpc) is 2.81.